The van der Waals surface area contributed by atoms with E-state index < -0.39 is 6.04 Å². The van der Waals surface area contributed by atoms with Crippen molar-refractivity contribution >= 4 is 34.2 Å². The summed E-state index contributed by atoms with van der Waals surface area (Å²) in [5.74, 6) is 0.935. The quantitative estimate of drug-likeness (QED) is 0.226. The van der Waals surface area contributed by atoms with Crippen LogP contribution in [0, 0.1) is 11.3 Å². The molecule has 1 aliphatic heterocycles. The predicted octanol–water partition coefficient (Wildman–Crippen LogP) is 3.59. The van der Waals surface area contributed by atoms with Crippen LogP contribution in [0.3, 0.4) is 0 Å². The Labute approximate surface area is 260 Å². The lowest BCUT2D eigenvalue weighted by molar-refractivity contribution is 0.201. The molecule has 6 rings (SSSR count). The molecule has 0 aliphatic carbocycles. The second kappa shape index (κ2) is 12.9. The molecule has 228 valence electrons. The van der Waals surface area contributed by atoms with Crippen LogP contribution in [0.2, 0.25) is 0 Å². The van der Waals surface area contributed by atoms with Gasteiger partial charge in [-0.05, 0) is 43.3 Å². The highest BCUT2D eigenvalue weighted by Crippen LogP contribution is 2.28. The van der Waals surface area contributed by atoms with Crippen LogP contribution in [0.15, 0.2) is 83.7 Å². The van der Waals surface area contributed by atoms with Crippen LogP contribution in [0.1, 0.15) is 24.4 Å². The van der Waals surface area contributed by atoms with Gasteiger partial charge in [-0.2, -0.15) is 15.2 Å². The molecule has 1 unspecified atom stereocenters. The number of fused-ring (bicyclic) bond motifs is 1. The Morgan fingerprint density at radius 2 is 1.60 bits per heavy atom. The molecule has 3 aromatic carbocycles. The minimum Gasteiger partial charge on any atom is -0.491 e. The lowest BCUT2D eigenvalue weighted by Crippen LogP contribution is -2.47. The smallest absolute Gasteiger partial charge is 0.269 e. The summed E-state index contributed by atoms with van der Waals surface area (Å²) in [6.45, 7) is 6.75. The molecule has 1 atom stereocenters. The fraction of sp³-hybridized carbons (Fsp3) is 0.242. The molecule has 3 heterocycles. The van der Waals surface area contributed by atoms with E-state index in [0.29, 0.717) is 34.8 Å². The van der Waals surface area contributed by atoms with Gasteiger partial charge in [-0.25, -0.2) is 4.98 Å². The standard InChI is InChI=1S/C33H34N10O2/c1-22(37-30-25(21-34)29(35)39-33(36)40-30)31-38-26-13-8-14-27(28(26)32(44)43(31)24-11-6-3-7-12-24)45-20-19-41-15-17-42(18-16-41)23-9-4-2-5-10-23/h2-14,22H,15-20H2,1H3,(H5,35,36,37,39,40). The lowest BCUT2D eigenvalue weighted by Gasteiger charge is -2.36. The van der Waals surface area contributed by atoms with Crippen molar-refractivity contribution in [3.05, 3.63) is 101 Å². The highest BCUT2D eigenvalue weighted by molar-refractivity contribution is 5.84. The number of ether oxygens (including phenoxy) is 1. The van der Waals surface area contributed by atoms with Crippen LogP contribution in [0.4, 0.5) is 23.3 Å². The summed E-state index contributed by atoms with van der Waals surface area (Å²) in [4.78, 5) is 32.0. The van der Waals surface area contributed by atoms with Crippen molar-refractivity contribution in [3.8, 4) is 17.5 Å². The van der Waals surface area contributed by atoms with Crippen molar-refractivity contribution in [1.29, 1.82) is 5.26 Å². The zero-order valence-electron chi connectivity index (χ0n) is 24.9. The Hall–Kier alpha value is -5.67. The van der Waals surface area contributed by atoms with E-state index in [4.69, 9.17) is 21.2 Å². The number of aromatic nitrogens is 4. The molecule has 5 N–H and O–H groups in total. The van der Waals surface area contributed by atoms with Gasteiger partial charge in [0, 0.05) is 38.4 Å². The number of nitrogens with one attached hydrogen (secondary N) is 1. The topological polar surface area (TPSA) is 164 Å². The van der Waals surface area contributed by atoms with E-state index in [9.17, 15) is 10.1 Å². The molecule has 1 saturated heterocycles. The first-order valence-corrected chi connectivity index (χ1v) is 14.8. The van der Waals surface area contributed by atoms with Crippen molar-refractivity contribution in [1.82, 2.24) is 24.4 Å². The van der Waals surface area contributed by atoms with E-state index in [1.54, 1.807) is 16.7 Å². The van der Waals surface area contributed by atoms with Crippen molar-refractivity contribution in [3.63, 3.8) is 0 Å². The van der Waals surface area contributed by atoms with Gasteiger partial charge < -0.3 is 26.4 Å². The van der Waals surface area contributed by atoms with Gasteiger partial charge in [0.15, 0.2) is 5.82 Å². The summed E-state index contributed by atoms with van der Waals surface area (Å²) >= 11 is 0. The van der Waals surface area contributed by atoms with Crippen LogP contribution in [0.5, 0.6) is 5.75 Å². The van der Waals surface area contributed by atoms with E-state index in [0.717, 1.165) is 32.7 Å². The summed E-state index contributed by atoms with van der Waals surface area (Å²) in [5, 5.41) is 13.2. The summed E-state index contributed by atoms with van der Waals surface area (Å²) in [7, 11) is 0. The third kappa shape index (κ3) is 6.20. The van der Waals surface area contributed by atoms with E-state index in [1.165, 1.54) is 5.69 Å². The van der Waals surface area contributed by atoms with Gasteiger partial charge in [0.25, 0.3) is 5.56 Å². The number of piperazine rings is 1. The fourth-order valence-corrected chi connectivity index (χ4v) is 5.59. The fourth-order valence-electron chi connectivity index (χ4n) is 5.59. The minimum absolute atomic E-state index is 0.0357. The number of hydrogen-bond acceptors (Lipinski definition) is 11. The van der Waals surface area contributed by atoms with E-state index >= 15 is 0 Å². The monoisotopic (exact) mass is 602 g/mol. The Kier molecular flexibility index (Phi) is 8.43. The van der Waals surface area contributed by atoms with Gasteiger partial charge in [0.05, 0.1) is 17.2 Å². The maximum atomic E-state index is 14.3. The van der Waals surface area contributed by atoms with Gasteiger partial charge >= 0.3 is 0 Å². The maximum absolute atomic E-state index is 14.3. The van der Waals surface area contributed by atoms with Crippen LogP contribution < -0.4 is 32.0 Å². The Morgan fingerprint density at radius 3 is 2.29 bits per heavy atom. The first kappa shape index (κ1) is 29.4. The van der Waals surface area contributed by atoms with Crippen LogP contribution in [-0.4, -0.2) is 63.7 Å². The molecular formula is C33H34N10O2. The maximum Gasteiger partial charge on any atom is 0.269 e. The summed E-state index contributed by atoms with van der Waals surface area (Å²) in [6, 6.07) is 26.6. The summed E-state index contributed by atoms with van der Waals surface area (Å²) in [5.41, 5.74) is 13.9. The number of anilines is 4. The zero-order valence-corrected chi connectivity index (χ0v) is 24.9. The molecular weight excluding hydrogens is 568 g/mol. The molecule has 45 heavy (non-hydrogen) atoms. The van der Waals surface area contributed by atoms with E-state index in [-0.39, 0.29) is 28.7 Å². The third-order valence-electron chi connectivity index (χ3n) is 7.87. The third-order valence-corrected chi connectivity index (χ3v) is 7.87. The molecule has 0 radical (unpaired) electrons. The Morgan fingerprint density at radius 1 is 0.911 bits per heavy atom. The first-order chi connectivity index (χ1) is 21.9. The highest BCUT2D eigenvalue weighted by Gasteiger charge is 2.23. The minimum atomic E-state index is -0.581. The Balaban J connectivity index is 1.26. The number of nitrogens with zero attached hydrogens (tertiary/aromatic N) is 7. The van der Waals surface area contributed by atoms with Crippen molar-refractivity contribution in [2.24, 2.45) is 0 Å². The Bertz CT molecular complexity index is 1900. The number of benzene rings is 3. The van der Waals surface area contributed by atoms with Gasteiger partial charge in [-0.1, -0.05) is 42.5 Å². The van der Waals surface area contributed by atoms with Crippen molar-refractivity contribution in [2.45, 2.75) is 13.0 Å². The molecule has 2 aromatic heterocycles. The molecule has 12 heteroatoms. The molecule has 1 fully saturated rings. The molecule has 0 saturated carbocycles. The van der Waals surface area contributed by atoms with Crippen molar-refractivity contribution < 1.29 is 4.74 Å². The van der Waals surface area contributed by atoms with Crippen molar-refractivity contribution in [2.75, 3.05) is 61.0 Å². The molecule has 1 aliphatic rings. The number of para-hydroxylation sites is 2. The summed E-state index contributed by atoms with van der Waals surface area (Å²) in [6.07, 6.45) is 0. The number of nitriles is 1. The SMILES string of the molecule is CC(Nc1nc(N)nc(N)c1C#N)c1nc2cccc(OCCN3CCN(c4ccccc4)CC3)c2c(=O)n1-c1ccccc1. The lowest BCUT2D eigenvalue weighted by atomic mass is 10.1. The van der Waals surface area contributed by atoms with Crippen LogP contribution >= 0.6 is 0 Å². The number of rotatable bonds is 9. The molecule has 12 nitrogen and oxygen atoms in total. The van der Waals surface area contributed by atoms with Crippen LogP contribution in [0.25, 0.3) is 16.6 Å². The highest BCUT2D eigenvalue weighted by atomic mass is 16.5. The number of nitrogens with two attached hydrogens (primary N) is 2. The molecule has 0 spiro atoms. The van der Waals surface area contributed by atoms with Crippen LogP contribution in [-0.2, 0) is 0 Å². The van der Waals surface area contributed by atoms with E-state index in [1.807, 2.05) is 55.5 Å². The van der Waals surface area contributed by atoms with E-state index in [2.05, 4.69) is 49.4 Å². The van der Waals surface area contributed by atoms with Gasteiger partial charge in [0.1, 0.15) is 41.0 Å². The molecule has 0 amide bonds. The summed E-state index contributed by atoms with van der Waals surface area (Å²) < 4.78 is 7.80. The largest absolute Gasteiger partial charge is 0.491 e. The van der Waals surface area contributed by atoms with Gasteiger partial charge in [0.2, 0.25) is 5.95 Å². The molecule has 0 bridgehead atoms. The molecule has 5 aromatic rings. The average molecular weight is 603 g/mol. The second-order valence-electron chi connectivity index (χ2n) is 10.8. The normalized spacial score (nSPS) is 14.2. The first-order valence-electron chi connectivity index (χ1n) is 14.8. The van der Waals surface area contributed by atoms with Gasteiger partial charge in [-0.3, -0.25) is 14.3 Å². The number of hydrogen-bond donors (Lipinski definition) is 3. The number of nitrogen functional groups attached to an aromatic ring is 2. The zero-order chi connectivity index (χ0) is 31.3. The van der Waals surface area contributed by atoms with Gasteiger partial charge in [-0.15, -0.1) is 0 Å². The average Bonchev–Trinajstić information content (AvgIpc) is 3.05. The second-order valence-corrected chi connectivity index (χ2v) is 10.8. The predicted molar refractivity (Wildman–Crippen MR) is 176 cm³/mol.